The fourth-order valence-electron chi connectivity index (χ4n) is 3.22. The van der Waals surface area contributed by atoms with Crippen LogP contribution in [-0.4, -0.2) is 47.0 Å². The average Bonchev–Trinajstić information content (AvgIpc) is 2.82. The van der Waals surface area contributed by atoms with Gasteiger partial charge in [0.2, 0.25) is 0 Å². The Morgan fingerprint density at radius 2 is 1.64 bits per heavy atom. The standard InChI is InChI=1S/C24H25ClN2O5S/c1-27(15-14-17-8-13-22(31-2)23(16-17)32-3)24(28)20-6-4-5-7-21(20)26-33(29,30)19-11-9-18(25)10-12-19/h4-13,16,26H,14-15H2,1-3H3. The van der Waals surface area contributed by atoms with Crippen LogP contribution in [0.25, 0.3) is 0 Å². The monoisotopic (exact) mass is 488 g/mol. The minimum absolute atomic E-state index is 0.0518. The molecule has 9 heteroatoms. The maximum absolute atomic E-state index is 13.1. The first-order chi connectivity index (χ1) is 15.7. The van der Waals surface area contributed by atoms with E-state index in [0.29, 0.717) is 29.5 Å². The van der Waals surface area contributed by atoms with Crippen molar-refractivity contribution in [3.8, 4) is 11.5 Å². The number of sulfonamides is 1. The first-order valence-corrected chi connectivity index (χ1v) is 11.9. The van der Waals surface area contributed by atoms with Crippen molar-refractivity contribution in [3.63, 3.8) is 0 Å². The molecule has 0 atom stereocenters. The van der Waals surface area contributed by atoms with Gasteiger partial charge in [-0.1, -0.05) is 29.8 Å². The molecule has 0 spiro atoms. The smallest absolute Gasteiger partial charge is 0.261 e. The first kappa shape index (κ1) is 24.4. The second-order valence-electron chi connectivity index (χ2n) is 7.27. The fraction of sp³-hybridized carbons (Fsp3) is 0.208. The van der Waals surface area contributed by atoms with Gasteiger partial charge in [0.1, 0.15) is 0 Å². The summed E-state index contributed by atoms with van der Waals surface area (Å²) in [6.07, 6.45) is 0.585. The first-order valence-electron chi connectivity index (χ1n) is 10.1. The quantitative estimate of drug-likeness (QED) is 0.480. The Labute approximate surface area is 198 Å². The summed E-state index contributed by atoms with van der Waals surface area (Å²) >= 11 is 5.85. The van der Waals surface area contributed by atoms with Crippen molar-refractivity contribution >= 4 is 33.2 Å². The summed E-state index contributed by atoms with van der Waals surface area (Å²) in [5.74, 6) is 0.948. The number of nitrogens with one attached hydrogen (secondary N) is 1. The van der Waals surface area contributed by atoms with Crippen molar-refractivity contribution in [2.24, 2.45) is 0 Å². The number of rotatable bonds is 9. The summed E-state index contributed by atoms with van der Waals surface area (Å²) in [7, 11) is 0.928. The molecule has 0 aromatic heterocycles. The van der Waals surface area contributed by atoms with Crippen LogP contribution in [-0.2, 0) is 16.4 Å². The predicted octanol–water partition coefficient (Wildman–Crippen LogP) is 4.47. The lowest BCUT2D eigenvalue weighted by Crippen LogP contribution is -2.30. The number of para-hydroxylation sites is 1. The highest BCUT2D eigenvalue weighted by atomic mass is 35.5. The lowest BCUT2D eigenvalue weighted by atomic mass is 10.1. The van der Waals surface area contributed by atoms with E-state index in [4.69, 9.17) is 21.1 Å². The number of carbonyl (C=O) groups excluding carboxylic acids is 1. The largest absolute Gasteiger partial charge is 0.493 e. The van der Waals surface area contributed by atoms with E-state index >= 15 is 0 Å². The maximum atomic E-state index is 13.1. The van der Waals surface area contributed by atoms with Crippen molar-refractivity contribution < 1.29 is 22.7 Å². The van der Waals surface area contributed by atoms with Gasteiger partial charge >= 0.3 is 0 Å². The molecule has 0 heterocycles. The Kier molecular flexibility index (Phi) is 7.84. The minimum atomic E-state index is -3.89. The number of hydrogen-bond donors (Lipinski definition) is 1. The molecule has 0 aliphatic heterocycles. The maximum Gasteiger partial charge on any atom is 0.261 e. The van der Waals surface area contributed by atoms with Crippen molar-refractivity contribution in [3.05, 3.63) is 82.9 Å². The molecule has 1 N–H and O–H groups in total. The van der Waals surface area contributed by atoms with E-state index in [0.717, 1.165) is 5.56 Å². The third kappa shape index (κ3) is 5.97. The number of ether oxygens (including phenoxy) is 2. The molecular weight excluding hydrogens is 464 g/mol. The van der Waals surface area contributed by atoms with Gasteiger partial charge in [0.25, 0.3) is 15.9 Å². The zero-order chi connectivity index (χ0) is 24.0. The molecule has 0 fully saturated rings. The van der Waals surface area contributed by atoms with E-state index in [2.05, 4.69) is 4.72 Å². The zero-order valence-corrected chi connectivity index (χ0v) is 20.1. The number of hydrogen-bond acceptors (Lipinski definition) is 5. The summed E-state index contributed by atoms with van der Waals surface area (Å²) in [5, 5.41) is 0.431. The van der Waals surface area contributed by atoms with Crippen LogP contribution >= 0.6 is 11.6 Å². The molecule has 3 aromatic carbocycles. The highest BCUT2D eigenvalue weighted by Crippen LogP contribution is 2.28. The Morgan fingerprint density at radius 3 is 2.30 bits per heavy atom. The normalized spacial score (nSPS) is 11.0. The van der Waals surface area contributed by atoms with E-state index < -0.39 is 10.0 Å². The molecule has 0 aliphatic rings. The molecule has 0 saturated heterocycles. The van der Waals surface area contributed by atoms with Gasteiger partial charge in [-0.3, -0.25) is 9.52 Å². The summed E-state index contributed by atoms with van der Waals surface area (Å²) in [6.45, 7) is 0.423. The van der Waals surface area contributed by atoms with Crippen LogP contribution in [0.1, 0.15) is 15.9 Å². The number of nitrogens with zero attached hydrogens (tertiary/aromatic N) is 1. The van der Waals surface area contributed by atoms with E-state index in [1.807, 2.05) is 18.2 Å². The fourth-order valence-corrected chi connectivity index (χ4v) is 4.42. The molecule has 0 radical (unpaired) electrons. The van der Waals surface area contributed by atoms with Gasteiger partial charge in [-0.05, 0) is 60.5 Å². The second-order valence-corrected chi connectivity index (χ2v) is 9.39. The molecule has 3 rings (SSSR count). The SMILES string of the molecule is COc1ccc(CCN(C)C(=O)c2ccccc2NS(=O)(=O)c2ccc(Cl)cc2)cc1OC. The Balaban J connectivity index is 1.74. The highest BCUT2D eigenvalue weighted by Gasteiger charge is 2.20. The van der Waals surface area contributed by atoms with Crippen LogP contribution in [0.15, 0.2) is 71.6 Å². The number of halogens is 1. The van der Waals surface area contributed by atoms with Gasteiger partial charge in [0.05, 0.1) is 30.4 Å². The molecule has 174 valence electrons. The molecule has 0 saturated carbocycles. The lowest BCUT2D eigenvalue weighted by Gasteiger charge is -2.20. The average molecular weight is 489 g/mol. The molecule has 7 nitrogen and oxygen atoms in total. The summed E-state index contributed by atoms with van der Waals surface area (Å²) in [6, 6.07) is 17.9. The van der Waals surface area contributed by atoms with Crippen molar-refractivity contribution in [2.45, 2.75) is 11.3 Å². The molecule has 1 amide bonds. The van der Waals surface area contributed by atoms with Gasteiger partial charge in [-0.15, -0.1) is 0 Å². The minimum Gasteiger partial charge on any atom is -0.493 e. The van der Waals surface area contributed by atoms with E-state index in [-0.39, 0.29) is 22.1 Å². The number of carbonyl (C=O) groups is 1. The van der Waals surface area contributed by atoms with Gasteiger partial charge in [-0.2, -0.15) is 0 Å². The molecule has 33 heavy (non-hydrogen) atoms. The zero-order valence-electron chi connectivity index (χ0n) is 18.5. The van der Waals surface area contributed by atoms with Gasteiger partial charge in [0.15, 0.2) is 11.5 Å². The van der Waals surface area contributed by atoms with Crippen LogP contribution < -0.4 is 14.2 Å². The van der Waals surface area contributed by atoms with E-state index in [1.54, 1.807) is 50.4 Å². The highest BCUT2D eigenvalue weighted by molar-refractivity contribution is 7.92. The Morgan fingerprint density at radius 1 is 0.970 bits per heavy atom. The Hall–Kier alpha value is -3.23. The van der Waals surface area contributed by atoms with Gasteiger partial charge in [-0.25, -0.2) is 8.42 Å². The number of likely N-dealkylation sites (N-methyl/N-ethyl adjacent to an activating group) is 1. The van der Waals surface area contributed by atoms with Crippen LogP contribution in [0.3, 0.4) is 0 Å². The lowest BCUT2D eigenvalue weighted by molar-refractivity contribution is 0.0797. The summed E-state index contributed by atoms with van der Waals surface area (Å²) in [4.78, 5) is 14.7. The number of benzene rings is 3. The second kappa shape index (κ2) is 10.6. The van der Waals surface area contributed by atoms with Crippen molar-refractivity contribution in [1.29, 1.82) is 0 Å². The number of amides is 1. The Bertz CT molecular complexity index is 1230. The molecule has 0 unspecified atom stereocenters. The molecule has 0 bridgehead atoms. The third-order valence-electron chi connectivity index (χ3n) is 5.06. The molecular formula is C24H25ClN2O5S. The third-order valence-corrected chi connectivity index (χ3v) is 6.69. The van der Waals surface area contributed by atoms with E-state index in [1.165, 1.54) is 24.3 Å². The van der Waals surface area contributed by atoms with E-state index in [9.17, 15) is 13.2 Å². The van der Waals surface area contributed by atoms with Crippen molar-refractivity contribution in [2.75, 3.05) is 32.5 Å². The van der Waals surface area contributed by atoms with Crippen molar-refractivity contribution in [1.82, 2.24) is 4.90 Å². The summed E-state index contributed by atoms with van der Waals surface area (Å²) < 4.78 is 38.6. The molecule has 3 aromatic rings. The predicted molar refractivity (Wildman–Crippen MR) is 129 cm³/mol. The van der Waals surface area contributed by atoms with Gasteiger partial charge < -0.3 is 14.4 Å². The van der Waals surface area contributed by atoms with Crippen LogP contribution in [0.5, 0.6) is 11.5 Å². The topological polar surface area (TPSA) is 84.9 Å². The van der Waals surface area contributed by atoms with Crippen LogP contribution in [0, 0.1) is 0 Å². The van der Waals surface area contributed by atoms with Crippen LogP contribution in [0.4, 0.5) is 5.69 Å². The molecule has 0 aliphatic carbocycles. The number of methoxy groups -OCH3 is 2. The number of anilines is 1. The summed E-state index contributed by atoms with van der Waals surface area (Å²) in [5.41, 5.74) is 1.43. The van der Waals surface area contributed by atoms with Gasteiger partial charge in [0, 0.05) is 18.6 Å². The van der Waals surface area contributed by atoms with Crippen LogP contribution in [0.2, 0.25) is 5.02 Å².